The van der Waals surface area contributed by atoms with Crippen LogP contribution in [0.5, 0.6) is 0 Å². The van der Waals surface area contributed by atoms with Crippen LogP contribution in [0.1, 0.15) is 59.3 Å². The predicted molar refractivity (Wildman–Crippen MR) is 53.2 cm³/mol. The van der Waals surface area contributed by atoms with Crippen LogP contribution in [0.25, 0.3) is 0 Å². The van der Waals surface area contributed by atoms with Gasteiger partial charge in [0.15, 0.2) is 0 Å². The molecule has 12 heavy (non-hydrogen) atoms. The molecule has 0 saturated carbocycles. The standard InChI is InChI=1S/C11H22O/c1-4-6-7-9-11(8-5-2)10(3)12/h11H,4-9H2,1-3H3. The highest BCUT2D eigenvalue weighted by Crippen LogP contribution is 2.16. The third kappa shape index (κ3) is 5.34. The number of hydrogen-bond donors (Lipinski definition) is 0. The van der Waals surface area contributed by atoms with Crippen molar-refractivity contribution in [3.8, 4) is 0 Å². The lowest BCUT2D eigenvalue weighted by molar-refractivity contribution is -0.121. The second-order valence-corrected chi connectivity index (χ2v) is 3.59. The van der Waals surface area contributed by atoms with Gasteiger partial charge < -0.3 is 0 Å². The molecule has 0 rings (SSSR count). The molecule has 0 aromatic carbocycles. The van der Waals surface area contributed by atoms with Crippen molar-refractivity contribution in [3.05, 3.63) is 0 Å². The fourth-order valence-electron chi connectivity index (χ4n) is 1.54. The maximum Gasteiger partial charge on any atom is 0.132 e. The molecule has 0 aliphatic rings. The average molecular weight is 170 g/mol. The number of rotatable bonds is 7. The highest BCUT2D eigenvalue weighted by atomic mass is 16.1. The summed E-state index contributed by atoms with van der Waals surface area (Å²) >= 11 is 0. The van der Waals surface area contributed by atoms with Gasteiger partial charge in [-0.3, -0.25) is 4.79 Å². The van der Waals surface area contributed by atoms with Crippen molar-refractivity contribution in [2.45, 2.75) is 59.3 Å². The van der Waals surface area contributed by atoms with Gasteiger partial charge in [-0.2, -0.15) is 0 Å². The Morgan fingerprint density at radius 2 is 1.75 bits per heavy atom. The maximum atomic E-state index is 11.1. The Morgan fingerprint density at radius 1 is 1.08 bits per heavy atom. The summed E-state index contributed by atoms with van der Waals surface area (Å²) in [5.74, 6) is 0.731. The van der Waals surface area contributed by atoms with Crippen molar-refractivity contribution in [1.29, 1.82) is 0 Å². The molecule has 0 aromatic heterocycles. The van der Waals surface area contributed by atoms with E-state index < -0.39 is 0 Å². The van der Waals surface area contributed by atoms with E-state index in [1.54, 1.807) is 6.92 Å². The van der Waals surface area contributed by atoms with Gasteiger partial charge in [-0.25, -0.2) is 0 Å². The molecule has 1 unspecified atom stereocenters. The van der Waals surface area contributed by atoms with Crippen LogP contribution in [0, 0.1) is 5.92 Å². The van der Waals surface area contributed by atoms with Crippen LogP contribution in [0.4, 0.5) is 0 Å². The first-order chi connectivity index (χ1) is 5.72. The molecule has 0 aliphatic heterocycles. The maximum absolute atomic E-state index is 11.1. The molecule has 0 saturated heterocycles. The van der Waals surface area contributed by atoms with Crippen LogP contribution in [0.15, 0.2) is 0 Å². The van der Waals surface area contributed by atoms with Crippen molar-refractivity contribution in [2.75, 3.05) is 0 Å². The van der Waals surface area contributed by atoms with Crippen molar-refractivity contribution in [1.82, 2.24) is 0 Å². The predicted octanol–water partition coefficient (Wildman–Crippen LogP) is 3.57. The van der Waals surface area contributed by atoms with E-state index >= 15 is 0 Å². The summed E-state index contributed by atoms with van der Waals surface area (Å²) in [4.78, 5) is 11.1. The Balaban J connectivity index is 3.56. The van der Waals surface area contributed by atoms with Crippen LogP contribution >= 0.6 is 0 Å². The van der Waals surface area contributed by atoms with Crippen LogP contribution in [0.2, 0.25) is 0 Å². The van der Waals surface area contributed by atoms with E-state index in [-0.39, 0.29) is 0 Å². The Labute approximate surface area is 76.6 Å². The smallest absolute Gasteiger partial charge is 0.132 e. The summed E-state index contributed by atoms with van der Waals surface area (Å²) in [6.07, 6.45) is 7.07. The number of Topliss-reactive ketones (excluding diaryl/α,β-unsaturated/α-hetero) is 1. The van der Waals surface area contributed by atoms with Crippen molar-refractivity contribution in [3.63, 3.8) is 0 Å². The van der Waals surface area contributed by atoms with Crippen LogP contribution < -0.4 is 0 Å². The zero-order valence-electron chi connectivity index (χ0n) is 8.73. The minimum absolute atomic E-state index is 0.349. The summed E-state index contributed by atoms with van der Waals surface area (Å²) in [5.41, 5.74) is 0. The molecule has 0 N–H and O–H groups in total. The van der Waals surface area contributed by atoms with E-state index in [1.807, 2.05) is 0 Å². The third-order valence-corrected chi connectivity index (χ3v) is 2.37. The zero-order chi connectivity index (χ0) is 9.40. The van der Waals surface area contributed by atoms with Crippen molar-refractivity contribution in [2.24, 2.45) is 5.92 Å². The van der Waals surface area contributed by atoms with Gasteiger partial charge in [-0.05, 0) is 19.8 Å². The van der Waals surface area contributed by atoms with E-state index in [0.29, 0.717) is 11.7 Å². The molecule has 0 amide bonds. The van der Waals surface area contributed by atoms with Crippen molar-refractivity contribution >= 4 is 5.78 Å². The fourth-order valence-corrected chi connectivity index (χ4v) is 1.54. The number of carbonyl (C=O) groups is 1. The topological polar surface area (TPSA) is 17.1 Å². The Kier molecular flexibility index (Phi) is 7.12. The van der Waals surface area contributed by atoms with Gasteiger partial charge >= 0.3 is 0 Å². The summed E-state index contributed by atoms with van der Waals surface area (Å²) in [7, 11) is 0. The highest BCUT2D eigenvalue weighted by Gasteiger charge is 2.11. The number of unbranched alkanes of at least 4 members (excludes halogenated alkanes) is 2. The van der Waals surface area contributed by atoms with Gasteiger partial charge in [0.1, 0.15) is 5.78 Å². The summed E-state index contributed by atoms with van der Waals surface area (Å²) < 4.78 is 0. The normalized spacial score (nSPS) is 12.9. The summed E-state index contributed by atoms with van der Waals surface area (Å²) in [6, 6.07) is 0. The summed E-state index contributed by atoms with van der Waals surface area (Å²) in [5, 5.41) is 0. The molecule has 72 valence electrons. The first kappa shape index (κ1) is 11.7. The van der Waals surface area contributed by atoms with Gasteiger partial charge in [0, 0.05) is 5.92 Å². The first-order valence-corrected chi connectivity index (χ1v) is 5.22. The quantitative estimate of drug-likeness (QED) is 0.534. The Hall–Kier alpha value is -0.330. The molecule has 0 aromatic rings. The monoisotopic (exact) mass is 170 g/mol. The largest absolute Gasteiger partial charge is 0.300 e. The summed E-state index contributed by atoms with van der Waals surface area (Å²) in [6.45, 7) is 6.07. The van der Waals surface area contributed by atoms with Gasteiger partial charge in [0.05, 0.1) is 0 Å². The lowest BCUT2D eigenvalue weighted by Crippen LogP contribution is -2.10. The number of hydrogen-bond acceptors (Lipinski definition) is 1. The molecule has 1 nitrogen and oxygen atoms in total. The molecule has 0 bridgehead atoms. The molecule has 0 fully saturated rings. The average Bonchev–Trinajstić information content (AvgIpc) is 2.03. The second kappa shape index (κ2) is 7.33. The molecular weight excluding hydrogens is 148 g/mol. The van der Waals surface area contributed by atoms with Crippen molar-refractivity contribution < 1.29 is 4.79 Å². The van der Waals surface area contributed by atoms with E-state index in [0.717, 1.165) is 19.3 Å². The van der Waals surface area contributed by atoms with E-state index in [4.69, 9.17) is 0 Å². The van der Waals surface area contributed by atoms with Gasteiger partial charge in [0.2, 0.25) is 0 Å². The van der Waals surface area contributed by atoms with Gasteiger partial charge in [-0.1, -0.05) is 39.5 Å². The van der Waals surface area contributed by atoms with Crippen LogP contribution in [0.3, 0.4) is 0 Å². The molecule has 0 aliphatic carbocycles. The van der Waals surface area contributed by atoms with E-state index in [1.165, 1.54) is 19.3 Å². The molecular formula is C11H22O. The minimum atomic E-state index is 0.349. The molecule has 0 radical (unpaired) electrons. The first-order valence-electron chi connectivity index (χ1n) is 5.22. The van der Waals surface area contributed by atoms with Crippen LogP contribution in [-0.4, -0.2) is 5.78 Å². The van der Waals surface area contributed by atoms with Gasteiger partial charge in [-0.15, -0.1) is 0 Å². The molecule has 0 spiro atoms. The third-order valence-electron chi connectivity index (χ3n) is 2.37. The zero-order valence-corrected chi connectivity index (χ0v) is 8.73. The molecule has 1 atom stereocenters. The molecule has 1 heteroatoms. The SMILES string of the molecule is CCCCCC(CCC)C(C)=O. The number of carbonyl (C=O) groups excluding carboxylic acids is 1. The lowest BCUT2D eigenvalue weighted by Gasteiger charge is -2.11. The lowest BCUT2D eigenvalue weighted by atomic mass is 9.93. The van der Waals surface area contributed by atoms with E-state index in [9.17, 15) is 4.79 Å². The van der Waals surface area contributed by atoms with Crippen LogP contribution in [-0.2, 0) is 4.79 Å². The Bertz CT molecular complexity index is 118. The van der Waals surface area contributed by atoms with Gasteiger partial charge in [0.25, 0.3) is 0 Å². The highest BCUT2D eigenvalue weighted by molar-refractivity contribution is 5.78. The fraction of sp³-hybridized carbons (Fsp3) is 0.909. The Morgan fingerprint density at radius 3 is 2.17 bits per heavy atom. The minimum Gasteiger partial charge on any atom is -0.300 e. The van der Waals surface area contributed by atoms with E-state index in [2.05, 4.69) is 13.8 Å². The second-order valence-electron chi connectivity index (χ2n) is 3.59. The molecule has 0 heterocycles. The number of ketones is 1.